The van der Waals surface area contributed by atoms with Gasteiger partial charge in [0, 0.05) is 36.9 Å². The average Bonchev–Trinajstić information content (AvgIpc) is 3.22. The Bertz CT molecular complexity index is 1810. The highest BCUT2D eigenvalue weighted by Gasteiger charge is 2.12. The summed E-state index contributed by atoms with van der Waals surface area (Å²) in [5, 5.41) is 14.1. The molecule has 0 bridgehead atoms. The third-order valence-electron chi connectivity index (χ3n) is 6.41. The summed E-state index contributed by atoms with van der Waals surface area (Å²) >= 11 is 1.87. The summed E-state index contributed by atoms with van der Waals surface area (Å²) in [6.07, 6.45) is 0. The van der Waals surface area contributed by atoms with Gasteiger partial charge in [0.25, 0.3) is 0 Å². The van der Waals surface area contributed by atoms with Gasteiger partial charge in [-0.3, -0.25) is 0 Å². The molecule has 150 valence electrons. The van der Waals surface area contributed by atoms with Gasteiger partial charge in [-0.15, -0.1) is 11.3 Å². The molecule has 7 rings (SSSR count). The van der Waals surface area contributed by atoms with Gasteiger partial charge < -0.3 is 5.32 Å². The van der Waals surface area contributed by atoms with Crippen LogP contribution < -0.4 is 5.32 Å². The molecule has 2 heteroatoms. The SMILES string of the molecule is c1ccc2c(c1)ccc1cc(Nc3cc4sc5ccccc5c4c4ccccc34)ccc12. The van der Waals surface area contributed by atoms with Crippen LogP contribution in [-0.2, 0) is 0 Å². The molecule has 32 heavy (non-hydrogen) atoms. The molecule has 1 N–H and O–H groups in total. The van der Waals surface area contributed by atoms with E-state index >= 15 is 0 Å². The van der Waals surface area contributed by atoms with E-state index in [1.54, 1.807) is 0 Å². The first-order valence-electron chi connectivity index (χ1n) is 10.9. The van der Waals surface area contributed by atoms with Gasteiger partial charge in [-0.05, 0) is 51.2 Å². The fourth-order valence-corrected chi connectivity index (χ4v) is 6.10. The van der Waals surface area contributed by atoms with E-state index in [0.717, 1.165) is 11.4 Å². The van der Waals surface area contributed by atoms with E-state index < -0.39 is 0 Å². The Morgan fingerprint density at radius 1 is 0.469 bits per heavy atom. The maximum Gasteiger partial charge on any atom is 0.0478 e. The normalized spacial score (nSPS) is 11.8. The summed E-state index contributed by atoms with van der Waals surface area (Å²) in [7, 11) is 0. The van der Waals surface area contributed by atoms with Crippen LogP contribution in [0.5, 0.6) is 0 Å². The van der Waals surface area contributed by atoms with Crippen molar-refractivity contribution in [2.45, 2.75) is 0 Å². The first kappa shape index (κ1) is 17.8. The average molecular weight is 426 g/mol. The molecular formula is C30H19NS. The van der Waals surface area contributed by atoms with Crippen LogP contribution in [0.2, 0.25) is 0 Å². The Labute approximate surface area is 189 Å². The van der Waals surface area contributed by atoms with Gasteiger partial charge in [0.1, 0.15) is 0 Å². The maximum absolute atomic E-state index is 3.73. The zero-order valence-corrected chi connectivity index (χ0v) is 18.1. The molecule has 0 amide bonds. The zero-order chi connectivity index (χ0) is 21.1. The molecule has 0 aliphatic heterocycles. The van der Waals surface area contributed by atoms with Gasteiger partial charge >= 0.3 is 0 Å². The molecule has 0 radical (unpaired) electrons. The summed E-state index contributed by atoms with van der Waals surface area (Å²) in [6.45, 7) is 0. The standard InChI is InChI=1S/C30H19NS/c1-2-8-22-19(7-1)13-14-20-17-21(15-16-23(20)22)31-27-18-29-30(25-10-4-3-9-24(25)27)26-11-5-6-12-28(26)32-29/h1-18,31H. The molecule has 0 saturated heterocycles. The quantitative estimate of drug-likeness (QED) is 0.272. The minimum absolute atomic E-state index is 1.11. The predicted molar refractivity (Wildman–Crippen MR) is 142 cm³/mol. The number of hydrogen-bond donors (Lipinski definition) is 1. The lowest BCUT2D eigenvalue weighted by atomic mass is 10.0. The van der Waals surface area contributed by atoms with E-state index in [0.29, 0.717) is 0 Å². The molecule has 0 aliphatic rings. The number of nitrogens with one attached hydrogen (secondary N) is 1. The number of thiophene rings is 1. The first-order chi connectivity index (χ1) is 15.8. The van der Waals surface area contributed by atoms with Gasteiger partial charge in [-0.1, -0.05) is 84.9 Å². The van der Waals surface area contributed by atoms with E-state index in [1.807, 2.05) is 11.3 Å². The first-order valence-corrected chi connectivity index (χ1v) is 11.7. The topological polar surface area (TPSA) is 12.0 Å². The highest BCUT2D eigenvalue weighted by Crippen LogP contribution is 2.42. The van der Waals surface area contributed by atoms with Crippen LogP contribution in [0.15, 0.2) is 109 Å². The Morgan fingerprint density at radius 2 is 1.16 bits per heavy atom. The van der Waals surface area contributed by atoms with E-state index in [2.05, 4.69) is 115 Å². The van der Waals surface area contributed by atoms with Gasteiger partial charge in [0.15, 0.2) is 0 Å². The lowest BCUT2D eigenvalue weighted by molar-refractivity contribution is 1.62. The van der Waals surface area contributed by atoms with Gasteiger partial charge in [0.2, 0.25) is 0 Å². The highest BCUT2D eigenvalue weighted by atomic mass is 32.1. The van der Waals surface area contributed by atoms with Crippen LogP contribution in [0.1, 0.15) is 0 Å². The molecule has 7 aromatic rings. The summed E-state index contributed by atoms with van der Waals surface area (Å²) in [4.78, 5) is 0. The Morgan fingerprint density at radius 3 is 2.06 bits per heavy atom. The molecule has 6 aromatic carbocycles. The number of benzene rings is 6. The van der Waals surface area contributed by atoms with Crippen LogP contribution in [0.25, 0.3) is 52.5 Å². The molecule has 0 aliphatic carbocycles. The second-order valence-electron chi connectivity index (χ2n) is 8.29. The maximum atomic E-state index is 3.73. The predicted octanol–water partition coefficient (Wildman–Crippen LogP) is 9.26. The summed E-state index contributed by atoms with van der Waals surface area (Å²) in [6, 6.07) is 39.4. The van der Waals surface area contributed by atoms with Crippen LogP contribution in [0.3, 0.4) is 0 Å². The number of rotatable bonds is 2. The second-order valence-corrected chi connectivity index (χ2v) is 9.37. The van der Waals surface area contributed by atoms with Crippen LogP contribution in [0.4, 0.5) is 11.4 Å². The van der Waals surface area contributed by atoms with Crippen LogP contribution >= 0.6 is 11.3 Å². The van der Waals surface area contributed by atoms with Crippen molar-refractivity contribution >= 4 is 75.2 Å². The van der Waals surface area contributed by atoms with Crippen molar-refractivity contribution < 1.29 is 0 Å². The number of fused-ring (bicyclic) bond motifs is 8. The van der Waals surface area contributed by atoms with Gasteiger partial charge in [-0.25, -0.2) is 0 Å². The molecule has 0 fully saturated rings. The van der Waals surface area contributed by atoms with E-state index in [-0.39, 0.29) is 0 Å². The molecule has 0 saturated carbocycles. The van der Waals surface area contributed by atoms with Crippen molar-refractivity contribution in [2.24, 2.45) is 0 Å². The minimum Gasteiger partial charge on any atom is -0.355 e. The Balaban J connectivity index is 1.42. The third kappa shape index (κ3) is 2.63. The summed E-state index contributed by atoms with van der Waals surface area (Å²) in [5.41, 5.74) is 2.26. The molecule has 0 atom stereocenters. The van der Waals surface area contributed by atoms with Crippen molar-refractivity contribution in [1.82, 2.24) is 0 Å². The highest BCUT2D eigenvalue weighted by molar-refractivity contribution is 7.26. The molecule has 1 heterocycles. The smallest absolute Gasteiger partial charge is 0.0478 e. The minimum atomic E-state index is 1.11. The van der Waals surface area contributed by atoms with E-state index in [1.165, 1.54) is 52.5 Å². The zero-order valence-electron chi connectivity index (χ0n) is 17.3. The summed E-state index contributed by atoms with van der Waals surface area (Å²) in [5.74, 6) is 0. The molecule has 0 spiro atoms. The molecule has 1 nitrogen and oxygen atoms in total. The largest absolute Gasteiger partial charge is 0.355 e. The number of hydrogen-bond acceptors (Lipinski definition) is 2. The molecule has 0 unspecified atom stereocenters. The summed E-state index contributed by atoms with van der Waals surface area (Å²) < 4.78 is 2.65. The van der Waals surface area contributed by atoms with Crippen LogP contribution in [0, 0.1) is 0 Å². The Kier molecular flexibility index (Phi) is 3.78. The van der Waals surface area contributed by atoms with E-state index in [9.17, 15) is 0 Å². The second kappa shape index (κ2) is 6.81. The van der Waals surface area contributed by atoms with Gasteiger partial charge in [-0.2, -0.15) is 0 Å². The molecule has 1 aromatic heterocycles. The van der Waals surface area contributed by atoms with Crippen molar-refractivity contribution in [3.05, 3.63) is 109 Å². The lowest BCUT2D eigenvalue weighted by Crippen LogP contribution is -1.92. The lowest BCUT2D eigenvalue weighted by Gasteiger charge is -2.13. The fraction of sp³-hybridized carbons (Fsp3) is 0. The third-order valence-corrected chi connectivity index (χ3v) is 7.53. The Hall–Kier alpha value is -3.88. The van der Waals surface area contributed by atoms with Crippen molar-refractivity contribution in [2.75, 3.05) is 5.32 Å². The van der Waals surface area contributed by atoms with Crippen molar-refractivity contribution in [1.29, 1.82) is 0 Å². The van der Waals surface area contributed by atoms with Crippen LogP contribution in [-0.4, -0.2) is 0 Å². The monoisotopic (exact) mass is 425 g/mol. The number of anilines is 2. The van der Waals surface area contributed by atoms with E-state index in [4.69, 9.17) is 0 Å². The molecular weight excluding hydrogens is 406 g/mol. The fourth-order valence-electron chi connectivity index (χ4n) is 4.94. The van der Waals surface area contributed by atoms with Crippen molar-refractivity contribution in [3.8, 4) is 0 Å². The van der Waals surface area contributed by atoms with Crippen molar-refractivity contribution in [3.63, 3.8) is 0 Å². The van der Waals surface area contributed by atoms with Gasteiger partial charge in [0.05, 0.1) is 0 Å².